The number of ether oxygens (including phenoxy) is 1. The molecule has 1 aliphatic heterocycles. The van der Waals surface area contributed by atoms with Crippen molar-refractivity contribution in [1.82, 2.24) is 0 Å². The lowest BCUT2D eigenvalue weighted by atomic mass is 10.1. The Morgan fingerprint density at radius 3 is 2.28 bits per heavy atom. The summed E-state index contributed by atoms with van der Waals surface area (Å²) in [5, 5.41) is 3.02. The molecule has 0 saturated carbocycles. The number of piperazine rings is 1. The minimum Gasteiger partial charge on any atom is -0.495 e. The standard InChI is InChI=1S/C24H22N2O3/c1-28-22-9-5-4-8-20(22)25-12-14-26(15-13-25)21-16-23(27)29-24-18-7-3-2-6-17(18)10-11-19(21)24/h2-11,16H,12-15H2,1H3. The lowest BCUT2D eigenvalue weighted by Crippen LogP contribution is -2.46. The van der Waals surface area contributed by atoms with Crippen molar-refractivity contribution in [2.45, 2.75) is 0 Å². The van der Waals surface area contributed by atoms with Gasteiger partial charge in [0.05, 0.1) is 18.5 Å². The molecule has 1 aliphatic rings. The van der Waals surface area contributed by atoms with Crippen LogP contribution in [0, 0.1) is 0 Å². The van der Waals surface area contributed by atoms with Crippen LogP contribution in [0.25, 0.3) is 21.7 Å². The molecule has 1 aromatic heterocycles. The summed E-state index contributed by atoms with van der Waals surface area (Å²) in [6.07, 6.45) is 0. The summed E-state index contributed by atoms with van der Waals surface area (Å²) < 4.78 is 11.1. The topological polar surface area (TPSA) is 45.9 Å². The van der Waals surface area contributed by atoms with Crippen molar-refractivity contribution in [3.8, 4) is 5.75 Å². The molecular formula is C24H22N2O3. The zero-order valence-electron chi connectivity index (χ0n) is 16.3. The number of hydrogen-bond donors (Lipinski definition) is 0. The minimum atomic E-state index is -0.309. The maximum atomic E-state index is 12.3. The molecule has 1 fully saturated rings. The van der Waals surface area contributed by atoms with Gasteiger partial charge in [-0.25, -0.2) is 4.79 Å². The fourth-order valence-corrected chi connectivity index (χ4v) is 4.22. The number of para-hydroxylation sites is 2. The molecule has 5 heteroatoms. The highest BCUT2D eigenvalue weighted by molar-refractivity contribution is 6.08. The van der Waals surface area contributed by atoms with Gasteiger partial charge in [-0.05, 0) is 23.6 Å². The van der Waals surface area contributed by atoms with Gasteiger partial charge in [-0.3, -0.25) is 0 Å². The first-order valence-corrected chi connectivity index (χ1v) is 9.83. The smallest absolute Gasteiger partial charge is 0.338 e. The zero-order chi connectivity index (χ0) is 19.8. The largest absolute Gasteiger partial charge is 0.495 e. The van der Waals surface area contributed by atoms with Crippen LogP contribution in [0.5, 0.6) is 5.75 Å². The van der Waals surface area contributed by atoms with Crippen LogP contribution in [0.4, 0.5) is 11.4 Å². The van der Waals surface area contributed by atoms with Gasteiger partial charge in [0.25, 0.3) is 0 Å². The van der Waals surface area contributed by atoms with E-state index in [2.05, 4.69) is 28.0 Å². The molecule has 0 spiro atoms. The Labute approximate surface area is 168 Å². The van der Waals surface area contributed by atoms with E-state index in [-0.39, 0.29) is 5.63 Å². The van der Waals surface area contributed by atoms with Crippen molar-refractivity contribution in [3.63, 3.8) is 0 Å². The normalized spacial score (nSPS) is 14.5. The summed E-state index contributed by atoms with van der Waals surface area (Å²) in [5.41, 5.74) is 2.41. The van der Waals surface area contributed by atoms with Crippen LogP contribution in [-0.2, 0) is 0 Å². The number of anilines is 2. The maximum absolute atomic E-state index is 12.3. The summed E-state index contributed by atoms with van der Waals surface area (Å²) in [6.45, 7) is 3.36. The van der Waals surface area contributed by atoms with Gasteiger partial charge in [-0.15, -0.1) is 0 Å². The molecule has 3 aromatic carbocycles. The molecular weight excluding hydrogens is 364 g/mol. The van der Waals surface area contributed by atoms with Crippen molar-refractivity contribution in [2.24, 2.45) is 0 Å². The van der Waals surface area contributed by atoms with Gasteiger partial charge in [0.1, 0.15) is 11.3 Å². The summed E-state index contributed by atoms with van der Waals surface area (Å²) >= 11 is 0. The van der Waals surface area contributed by atoms with E-state index in [9.17, 15) is 4.79 Å². The highest BCUT2D eigenvalue weighted by atomic mass is 16.5. The van der Waals surface area contributed by atoms with Crippen LogP contribution >= 0.6 is 0 Å². The lowest BCUT2D eigenvalue weighted by Gasteiger charge is -2.38. The van der Waals surface area contributed by atoms with Crippen molar-refractivity contribution < 1.29 is 9.15 Å². The van der Waals surface area contributed by atoms with Crippen LogP contribution in [0.1, 0.15) is 0 Å². The van der Waals surface area contributed by atoms with Gasteiger partial charge in [-0.1, -0.05) is 42.5 Å². The third kappa shape index (κ3) is 3.09. The average Bonchev–Trinajstić information content (AvgIpc) is 2.78. The van der Waals surface area contributed by atoms with Crippen LogP contribution in [0.3, 0.4) is 0 Å². The van der Waals surface area contributed by atoms with Crippen LogP contribution in [0.15, 0.2) is 75.9 Å². The molecule has 5 nitrogen and oxygen atoms in total. The zero-order valence-corrected chi connectivity index (χ0v) is 16.3. The van der Waals surface area contributed by atoms with Gasteiger partial charge in [-0.2, -0.15) is 0 Å². The van der Waals surface area contributed by atoms with E-state index in [1.807, 2.05) is 42.5 Å². The fourth-order valence-electron chi connectivity index (χ4n) is 4.22. The molecule has 5 rings (SSSR count). The van der Waals surface area contributed by atoms with Gasteiger partial charge in [0.2, 0.25) is 0 Å². The lowest BCUT2D eigenvalue weighted by molar-refractivity contribution is 0.413. The van der Waals surface area contributed by atoms with E-state index >= 15 is 0 Å². The Balaban J connectivity index is 1.49. The number of methoxy groups -OCH3 is 1. The number of fused-ring (bicyclic) bond motifs is 3. The van der Waals surface area contributed by atoms with Gasteiger partial charge < -0.3 is 19.0 Å². The molecule has 0 amide bonds. The molecule has 0 bridgehead atoms. The number of benzene rings is 3. The Kier molecular flexibility index (Phi) is 4.35. The summed E-state index contributed by atoms with van der Waals surface area (Å²) in [7, 11) is 1.70. The van der Waals surface area contributed by atoms with E-state index in [1.54, 1.807) is 13.2 Å². The molecule has 0 atom stereocenters. The van der Waals surface area contributed by atoms with Crippen molar-refractivity contribution in [2.75, 3.05) is 43.1 Å². The molecule has 146 valence electrons. The van der Waals surface area contributed by atoms with Gasteiger partial charge in [0, 0.05) is 43.0 Å². The molecule has 0 radical (unpaired) electrons. The minimum absolute atomic E-state index is 0.309. The number of rotatable bonds is 3. The summed E-state index contributed by atoms with van der Waals surface area (Å²) in [6, 6.07) is 21.9. The first kappa shape index (κ1) is 17.6. The molecule has 2 heterocycles. The highest BCUT2D eigenvalue weighted by Gasteiger charge is 2.22. The van der Waals surface area contributed by atoms with E-state index in [1.165, 1.54) is 0 Å². The Bertz CT molecular complexity index is 1240. The van der Waals surface area contributed by atoms with E-state index in [0.29, 0.717) is 5.58 Å². The second-order valence-corrected chi connectivity index (χ2v) is 7.26. The van der Waals surface area contributed by atoms with E-state index in [0.717, 1.165) is 59.5 Å². The van der Waals surface area contributed by atoms with E-state index in [4.69, 9.17) is 9.15 Å². The maximum Gasteiger partial charge on any atom is 0.338 e. The molecule has 0 N–H and O–H groups in total. The first-order valence-electron chi connectivity index (χ1n) is 9.83. The van der Waals surface area contributed by atoms with E-state index < -0.39 is 0 Å². The SMILES string of the molecule is COc1ccccc1N1CCN(c2cc(=O)oc3c2ccc2ccccc23)CC1. The second kappa shape index (κ2) is 7.17. The molecule has 4 aromatic rings. The predicted octanol–water partition coefficient (Wildman–Crippen LogP) is 4.28. The Hall–Kier alpha value is -3.47. The third-order valence-corrected chi connectivity index (χ3v) is 5.66. The summed E-state index contributed by atoms with van der Waals surface area (Å²) in [4.78, 5) is 16.9. The Morgan fingerprint density at radius 1 is 0.793 bits per heavy atom. The van der Waals surface area contributed by atoms with Crippen molar-refractivity contribution in [1.29, 1.82) is 0 Å². The molecule has 0 unspecified atom stereocenters. The number of hydrogen-bond acceptors (Lipinski definition) is 5. The Morgan fingerprint density at radius 2 is 1.48 bits per heavy atom. The van der Waals surface area contributed by atoms with Crippen LogP contribution < -0.4 is 20.2 Å². The van der Waals surface area contributed by atoms with Crippen LogP contribution in [0.2, 0.25) is 0 Å². The van der Waals surface area contributed by atoms with Crippen molar-refractivity contribution >= 4 is 33.1 Å². The van der Waals surface area contributed by atoms with Gasteiger partial charge in [0.15, 0.2) is 0 Å². The van der Waals surface area contributed by atoms with Crippen molar-refractivity contribution in [3.05, 3.63) is 77.2 Å². The molecule has 29 heavy (non-hydrogen) atoms. The quantitative estimate of drug-likeness (QED) is 0.388. The van der Waals surface area contributed by atoms with Gasteiger partial charge >= 0.3 is 5.63 Å². The fraction of sp³-hybridized carbons (Fsp3) is 0.208. The first-order chi connectivity index (χ1) is 14.2. The van der Waals surface area contributed by atoms with Crippen LogP contribution in [-0.4, -0.2) is 33.3 Å². The third-order valence-electron chi connectivity index (χ3n) is 5.66. The molecule has 0 aliphatic carbocycles. The highest BCUT2D eigenvalue weighted by Crippen LogP contribution is 2.33. The monoisotopic (exact) mass is 386 g/mol. The predicted molar refractivity (Wildman–Crippen MR) is 117 cm³/mol. The average molecular weight is 386 g/mol. The number of nitrogens with zero attached hydrogens (tertiary/aromatic N) is 2. The second-order valence-electron chi connectivity index (χ2n) is 7.26. The summed E-state index contributed by atoms with van der Waals surface area (Å²) in [5.74, 6) is 0.887. The molecule has 1 saturated heterocycles.